The Kier molecular flexibility index (Phi) is 5.90. The van der Waals surface area contributed by atoms with E-state index in [0.717, 1.165) is 16.5 Å². The number of thiazole rings is 1. The van der Waals surface area contributed by atoms with Gasteiger partial charge in [0.05, 0.1) is 12.1 Å². The van der Waals surface area contributed by atoms with E-state index in [4.69, 9.17) is 9.15 Å². The van der Waals surface area contributed by atoms with E-state index in [-0.39, 0.29) is 13.0 Å². The van der Waals surface area contributed by atoms with Crippen LogP contribution in [0.15, 0.2) is 51.3 Å². The molecule has 3 heterocycles. The molecule has 0 atom stereocenters. The molecule has 4 rings (SSSR count). The molecule has 0 amide bonds. The molecule has 0 unspecified atom stereocenters. The zero-order chi connectivity index (χ0) is 22.0. The summed E-state index contributed by atoms with van der Waals surface area (Å²) in [5.74, 6) is 0.411. The van der Waals surface area contributed by atoms with Gasteiger partial charge in [-0.2, -0.15) is 0 Å². The number of carbonyl (C=O) groups is 1. The SMILES string of the molecule is Cc1cc2oc(=O)cc(COC(=O)Cc3csc(-c4ncccn4)n3)c2cc1C(C)C. The number of esters is 1. The Morgan fingerprint density at radius 3 is 2.71 bits per heavy atom. The van der Waals surface area contributed by atoms with Gasteiger partial charge >= 0.3 is 11.6 Å². The monoisotopic (exact) mass is 435 g/mol. The summed E-state index contributed by atoms with van der Waals surface area (Å²) < 4.78 is 10.8. The fourth-order valence-corrected chi connectivity index (χ4v) is 4.15. The molecule has 0 bridgehead atoms. The number of carbonyl (C=O) groups excluding carboxylic acids is 1. The molecule has 7 nitrogen and oxygen atoms in total. The largest absolute Gasteiger partial charge is 0.460 e. The number of aromatic nitrogens is 3. The topological polar surface area (TPSA) is 95.2 Å². The maximum Gasteiger partial charge on any atom is 0.336 e. The quantitative estimate of drug-likeness (QED) is 0.327. The highest BCUT2D eigenvalue weighted by Crippen LogP contribution is 2.27. The van der Waals surface area contributed by atoms with Crippen molar-refractivity contribution in [2.75, 3.05) is 0 Å². The molecule has 0 radical (unpaired) electrons. The predicted octanol–water partition coefficient (Wildman–Crippen LogP) is 4.42. The van der Waals surface area contributed by atoms with Crippen LogP contribution in [0.5, 0.6) is 0 Å². The second kappa shape index (κ2) is 8.77. The summed E-state index contributed by atoms with van der Waals surface area (Å²) >= 11 is 1.37. The normalized spacial score (nSPS) is 11.2. The van der Waals surface area contributed by atoms with E-state index in [1.54, 1.807) is 23.8 Å². The molecule has 31 heavy (non-hydrogen) atoms. The van der Waals surface area contributed by atoms with Crippen molar-refractivity contribution in [3.8, 4) is 10.8 Å². The van der Waals surface area contributed by atoms with E-state index in [1.807, 2.05) is 19.1 Å². The Bertz CT molecular complexity index is 1300. The molecule has 0 fully saturated rings. The fraction of sp³-hybridized carbons (Fsp3) is 0.261. The molecule has 0 aliphatic rings. The number of ether oxygens (including phenoxy) is 1. The Labute approximate surface area is 182 Å². The first-order chi connectivity index (χ1) is 14.9. The molecule has 4 aromatic rings. The Morgan fingerprint density at radius 2 is 1.97 bits per heavy atom. The van der Waals surface area contributed by atoms with E-state index < -0.39 is 11.6 Å². The first kappa shape index (κ1) is 20.9. The van der Waals surface area contributed by atoms with Crippen LogP contribution in [0.4, 0.5) is 0 Å². The van der Waals surface area contributed by atoms with Crippen molar-refractivity contribution in [3.63, 3.8) is 0 Å². The van der Waals surface area contributed by atoms with Gasteiger partial charge in [0.25, 0.3) is 0 Å². The molecule has 0 N–H and O–H groups in total. The molecule has 0 aliphatic heterocycles. The first-order valence-electron chi connectivity index (χ1n) is 9.85. The molecule has 8 heteroatoms. The first-order valence-corrected chi connectivity index (χ1v) is 10.7. The molecule has 0 aliphatic carbocycles. The lowest BCUT2D eigenvalue weighted by Crippen LogP contribution is -2.10. The number of benzene rings is 1. The molecular formula is C23H21N3O4S. The third-order valence-corrected chi connectivity index (χ3v) is 5.75. The van der Waals surface area contributed by atoms with Gasteiger partial charge in [-0.25, -0.2) is 19.7 Å². The van der Waals surface area contributed by atoms with Crippen molar-refractivity contribution in [1.29, 1.82) is 0 Å². The summed E-state index contributed by atoms with van der Waals surface area (Å²) in [6.07, 6.45) is 3.31. The average molecular weight is 436 g/mol. The van der Waals surface area contributed by atoms with E-state index >= 15 is 0 Å². The van der Waals surface area contributed by atoms with Crippen LogP contribution in [0.1, 0.15) is 42.1 Å². The van der Waals surface area contributed by atoms with Crippen molar-refractivity contribution in [3.05, 3.63) is 74.8 Å². The lowest BCUT2D eigenvalue weighted by Gasteiger charge is -2.13. The third kappa shape index (κ3) is 4.69. The number of hydrogen-bond acceptors (Lipinski definition) is 8. The lowest BCUT2D eigenvalue weighted by atomic mass is 9.95. The van der Waals surface area contributed by atoms with Gasteiger partial charge in [-0.05, 0) is 42.2 Å². The lowest BCUT2D eigenvalue weighted by molar-refractivity contribution is -0.144. The zero-order valence-electron chi connectivity index (χ0n) is 17.4. The molecule has 0 saturated carbocycles. The molecular weight excluding hydrogens is 414 g/mol. The number of nitrogens with zero attached hydrogens (tertiary/aromatic N) is 3. The van der Waals surface area contributed by atoms with E-state index in [2.05, 4.69) is 28.8 Å². The van der Waals surface area contributed by atoms with Gasteiger partial charge in [0.15, 0.2) is 10.8 Å². The number of fused-ring (bicyclic) bond motifs is 1. The Hall–Kier alpha value is -3.39. The summed E-state index contributed by atoms with van der Waals surface area (Å²) in [6, 6.07) is 6.98. The van der Waals surface area contributed by atoms with Crippen molar-refractivity contribution in [1.82, 2.24) is 15.0 Å². The standard InChI is InChI=1S/C23H21N3O4S/c1-13(2)17-10-18-15(8-21(28)30-19(18)7-14(17)3)11-29-20(27)9-16-12-31-23(26-16)22-24-5-4-6-25-22/h4-8,10,12-13H,9,11H2,1-3H3. The minimum Gasteiger partial charge on any atom is -0.460 e. The van der Waals surface area contributed by atoms with Gasteiger partial charge in [0, 0.05) is 34.8 Å². The summed E-state index contributed by atoms with van der Waals surface area (Å²) in [6.45, 7) is 6.19. The van der Waals surface area contributed by atoms with E-state index in [0.29, 0.717) is 33.6 Å². The van der Waals surface area contributed by atoms with Crippen molar-refractivity contribution >= 4 is 28.3 Å². The average Bonchev–Trinajstić information content (AvgIpc) is 3.20. The molecule has 1 aromatic carbocycles. The van der Waals surface area contributed by atoms with E-state index in [1.165, 1.54) is 17.4 Å². The summed E-state index contributed by atoms with van der Waals surface area (Å²) in [7, 11) is 0. The van der Waals surface area contributed by atoms with Crippen LogP contribution in [0.25, 0.3) is 21.8 Å². The number of hydrogen-bond donors (Lipinski definition) is 0. The van der Waals surface area contributed by atoms with Crippen molar-refractivity contribution in [2.24, 2.45) is 0 Å². The summed E-state index contributed by atoms with van der Waals surface area (Å²) in [5.41, 5.74) is 3.45. The van der Waals surface area contributed by atoms with Crippen LogP contribution in [-0.2, 0) is 22.6 Å². The molecule has 0 spiro atoms. The third-order valence-electron chi connectivity index (χ3n) is 4.86. The highest BCUT2D eigenvalue weighted by molar-refractivity contribution is 7.13. The Morgan fingerprint density at radius 1 is 1.19 bits per heavy atom. The number of aryl methyl sites for hydroxylation is 1. The molecule has 0 saturated heterocycles. The molecule has 3 aromatic heterocycles. The highest BCUT2D eigenvalue weighted by Gasteiger charge is 2.15. The minimum absolute atomic E-state index is 0.0136. The van der Waals surface area contributed by atoms with Gasteiger partial charge in [0.1, 0.15) is 12.2 Å². The van der Waals surface area contributed by atoms with Crippen molar-refractivity contribution < 1.29 is 13.9 Å². The maximum absolute atomic E-state index is 12.4. The van der Waals surface area contributed by atoms with Crippen LogP contribution in [-0.4, -0.2) is 20.9 Å². The van der Waals surface area contributed by atoms with Crippen LogP contribution in [0, 0.1) is 6.92 Å². The second-order valence-corrected chi connectivity index (χ2v) is 8.36. The van der Waals surface area contributed by atoms with Crippen LogP contribution >= 0.6 is 11.3 Å². The van der Waals surface area contributed by atoms with Gasteiger partial charge in [-0.1, -0.05) is 13.8 Å². The maximum atomic E-state index is 12.4. The Balaban J connectivity index is 1.50. The predicted molar refractivity (Wildman–Crippen MR) is 118 cm³/mol. The minimum atomic E-state index is -0.470. The highest BCUT2D eigenvalue weighted by atomic mass is 32.1. The second-order valence-electron chi connectivity index (χ2n) is 7.50. The smallest absolute Gasteiger partial charge is 0.336 e. The number of rotatable bonds is 6. The van der Waals surface area contributed by atoms with Crippen LogP contribution in [0.3, 0.4) is 0 Å². The summed E-state index contributed by atoms with van der Waals surface area (Å²) in [4.78, 5) is 37.1. The van der Waals surface area contributed by atoms with Gasteiger partial charge < -0.3 is 9.15 Å². The van der Waals surface area contributed by atoms with Crippen LogP contribution < -0.4 is 5.63 Å². The van der Waals surface area contributed by atoms with Crippen LogP contribution in [0.2, 0.25) is 0 Å². The van der Waals surface area contributed by atoms with Gasteiger partial charge in [0.2, 0.25) is 0 Å². The van der Waals surface area contributed by atoms with Crippen molar-refractivity contribution in [2.45, 2.75) is 39.7 Å². The van der Waals surface area contributed by atoms with Gasteiger partial charge in [-0.3, -0.25) is 4.79 Å². The fourth-order valence-electron chi connectivity index (χ4n) is 3.39. The van der Waals surface area contributed by atoms with E-state index in [9.17, 15) is 9.59 Å². The van der Waals surface area contributed by atoms with Gasteiger partial charge in [-0.15, -0.1) is 11.3 Å². The molecule has 158 valence electrons. The zero-order valence-corrected chi connectivity index (χ0v) is 18.2. The summed E-state index contributed by atoms with van der Waals surface area (Å²) in [5, 5.41) is 3.21.